The Morgan fingerprint density at radius 2 is 1.83 bits per heavy atom. The number of nitrogens with one attached hydrogen (secondary N) is 1. The minimum atomic E-state index is 0.929. The van der Waals surface area contributed by atoms with Crippen molar-refractivity contribution in [1.82, 2.24) is 5.32 Å². The van der Waals surface area contributed by atoms with Crippen molar-refractivity contribution in [2.24, 2.45) is 11.8 Å². The molecular formula is C17H27N. The molecule has 1 aromatic rings. The van der Waals surface area contributed by atoms with E-state index in [4.69, 9.17) is 0 Å². The SMILES string of the molecule is Cc1ccccc1CCNCC1CCC(C)CC1. The fraction of sp³-hybridized carbons (Fsp3) is 0.647. The first-order valence-electron chi connectivity index (χ1n) is 7.51. The quantitative estimate of drug-likeness (QED) is 0.774. The number of aryl methyl sites for hydroxylation is 1. The third-order valence-corrected chi connectivity index (χ3v) is 4.40. The van der Waals surface area contributed by atoms with Crippen LogP contribution in [0.5, 0.6) is 0 Å². The van der Waals surface area contributed by atoms with Crippen LogP contribution in [-0.2, 0) is 6.42 Å². The number of benzene rings is 1. The highest BCUT2D eigenvalue weighted by atomic mass is 14.9. The van der Waals surface area contributed by atoms with E-state index in [9.17, 15) is 0 Å². The van der Waals surface area contributed by atoms with Gasteiger partial charge in [-0.25, -0.2) is 0 Å². The summed E-state index contributed by atoms with van der Waals surface area (Å²) in [4.78, 5) is 0. The molecule has 1 fully saturated rings. The summed E-state index contributed by atoms with van der Waals surface area (Å²) >= 11 is 0. The standard InChI is InChI=1S/C17H27N/c1-14-7-9-16(10-8-14)13-18-12-11-17-6-4-3-5-15(17)2/h3-6,14,16,18H,7-13H2,1-2H3. The van der Waals surface area contributed by atoms with Crippen LogP contribution in [0, 0.1) is 18.8 Å². The van der Waals surface area contributed by atoms with Crippen molar-refractivity contribution in [3.8, 4) is 0 Å². The number of hydrogen-bond donors (Lipinski definition) is 1. The van der Waals surface area contributed by atoms with E-state index in [0.717, 1.165) is 24.8 Å². The van der Waals surface area contributed by atoms with E-state index in [-0.39, 0.29) is 0 Å². The lowest BCUT2D eigenvalue weighted by molar-refractivity contribution is 0.282. The van der Waals surface area contributed by atoms with Crippen LogP contribution in [0.3, 0.4) is 0 Å². The topological polar surface area (TPSA) is 12.0 Å². The molecule has 18 heavy (non-hydrogen) atoms. The lowest BCUT2D eigenvalue weighted by Gasteiger charge is -2.26. The molecule has 0 saturated heterocycles. The van der Waals surface area contributed by atoms with Crippen LogP contribution in [0.15, 0.2) is 24.3 Å². The fourth-order valence-electron chi connectivity index (χ4n) is 2.95. The van der Waals surface area contributed by atoms with Crippen molar-refractivity contribution in [3.05, 3.63) is 35.4 Å². The highest BCUT2D eigenvalue weighted by molar-refractivity contribution is 5.25. The Kier molecular flexibility index (Phi) is 5.25. The lowest BCUT2D eigenvalue weighted by atomic mass is 9.83. The maximum Gasteiger partial charge on any atom is -0.000814 e. The van der Waals surface area contributed by atoms with Gasteiger partial charge in [0.05, 0.1) is 0 Å². The van der Waals surface area contributed by atoms with Crippen molar-refractivity contribution in [2.45, 2.75) is 46.0 Å². The number of hydrogen-bond acceptors (Lipinski definition) is 1. The van der Waals surface area contributed by atoms with E-state index in [1.54, 1.807) is 0 Å². The lowest BCUT2D eigenvalue weighted by Crippen LogP contribution is -2.27. The van der Waals surface area contributed by atoms with Crippen LogP contribution < -0.4 is 5.32 Å². The zero-order valence-corrected chi connectivity index (χ0v) is 11.9. The molecule has 1 heteroatoms. The number of rotatable bonds is 5. The van der Waals surface area contributed by atoms with Crippen LogP contribution in [0.2, 0.25) is 0 Å². The Balaban J connectivity index is 1.63. The van der Waals surface area contributed by atoms with Gasteiger partial charge in [0.1, 0.15) is 0 Å². The minimum absolute atomic E-state index is 0.929. The van der Waals surface area contributed by atoms with E-state index in [2.05, 4.69) is 43.4 Å². The first kappa shape index (κ1) is 13.6. The molecule has 100 valence electrons. The van der Waals surface area contributed by atoms with Crippen LogP contribution in [-0.4, -0.2) is 13.1 Å². The van der Waals surface area contributed by atoms with Crippen molar-refractivity contribution >= 4 is 0 Å². The van der Waals surface area contributed by atoms with Crippen LogP contribution in [0.1, 0.15) is 43.7 Å². The van der Waals surface area contributed by atoms with Crippen molar-refractivity contribution in [2.75, 3.05) is 13.1 Å². The predicted molar refractivity (Wildman–Crippen MR) is 78.9 cm³/mol. The van der Waals surface area contributed by atoms with Crippen molar-refractivity contribution in [3.63, 3.8) is 0 Å². The molecule has 0 heterocycles. The second-order valence-corrected chi connectivity index (χ2v) is 6.01. The third-order valence-electron chi connectivity index (χ3n) is 4.40. The molecule has 2 rings (SSSR count). The smallest absolute Gasteiger partial charge is 0.000814 e. The fourth-order valence-corrected chi connectivity index (χ4v) is 2.95. The molecule has 1 N–H and O–H groups in total. The monoisotopic (exact) mass is 245 g/mol. The zero-order chi connectivity index (χ0) is 12.8. The first-order valence-corrected chi connectivity index (χ1v) is 7.51. The Hall–Kier alpha value is -0.820. The van der Waals surface area contributed by atoms with E-state index in [1.165, 1.54) is 43.4 Å². The van der Waals surface area contributed by atoms with Gasteiger partial charge in [-0.05, 0) is 62.2 Å². The predicted octanol–water partition coefficient (Wildman–Crippen LogP) is 3.95. The molecule has 0 aliphatic heterocycles. The normalized spacial score (nSPS) is 24.1. The van der Waals surface area contributed by atoms with Gasteiger partial charge < -0.3 is 5.32 Å². The molecule has 0 bridgehead atoms. The Bertz CT molecular complexity index is 350. The summed E-state index contributed by atoms with van der Waals surface area (Å²) in [6.07, 6.45) is 6.89. The summed E-state index contributed by atoms with van der Waals surface area (Å²) in [6, 6.07) is 8.72. The van der Waals surface area contributed by atoms with E-state index in [1.807, 2.05) is 0 Å². The zero-order valence-electron chi connectivity index (χ0n) is 11.9. The summed E-state index contributed by atoms with van der Waals surface area (Å²) in [5.74, 6) is 1.89. The highest BCUT2D eigenvalue weighted by Crippen LogP contribution is 2.27. The van der Waals surface area contributed by atoms with Gasteiger partial charge in [0.2, 0.25) is 0 Å². The van der Waals surface area contributed by atoms with Gasteiger partial charge in [0.15, 0.2) is 0 Å². The molecule has 1 aromatic carbocycles. The van der Waals surface area contributed by atoms with E-state index < -0.39 is 0 Å². The Morgan fingerprint density at radius 3 is 2.56 bits per heavy atom. The average Bonchev–Trinajstić information content (AvgIpc) is 2.39. The van der Waals surface area contributed by atoms with Gasteiger partial charge in [-0.15, -0.1) is 0 Å². The van der Waals surface area contributed by atoms with Gasteiger partial charge in [0.25, 0.3) is 0 Å². The average molecular weight is 245 g/mol. The molecular weight excluding hydrogens is 218 g/mol. The third kappa shape index (κ3) is 4.13. The molecule has 0 atom stereocenters. The second kappa shape index (κ2) is 6.94. The molecule has 1 aliphatic carbocycles. The molecule has 0 radical (unpaired) electrons. The largest absolute Gasteiger partial charge is 0.316 e. The first-order chi connectivity index (χ1) is 8.75. The summed E-state index contributed by atoms with van der Waals surface area (Å²) in [7, 11) is 0. The molecule has 0 unspecified atom stereocenters. The summed E-state index contributed by atoms with van der Waals surface area (Å²) in [5, 5.41) is 3.65. The van der Waals surface area contributed by atoms with Gasteiger partial charge >= 0.3 is 0 Å². The second-order valence-electron chi connectivity index (χ2n) is 6.01. The van der Waals surface area contributed by atoms with Gasteiger partial charge in [0, 0.05) is 0 Å². The van der Waals surface area contributed by atoms with Gasteiger partial charge in [-0.3, -0.25) is 0 Å². The van der Waals surface area contributed by atoms with Crippen molar-refractivity contribution < 1.29 is 0 Å². The van der Waals surface area contributed by atoms with Crippen molar-refractivity contribution in [1.29, 1.82) is 0 Å². The maximum absolute atomic E-state index is 3.65. The molecule has 1 aliphatic rings. The van der Waals surface area contributed by atoms with Crippen LogP contribution >= 0.6 is 0 Å². The Labute approximate surface area is 112 Å². The highest BCUT2D eigenvalue weighted by Gasteiger charge is 2.17. The van der Waals surface area contributed by atoms with E-state index >= 15 is 0 Å². The van der Waals surface area contributed by atoms with E-state index in [0.29, 0.717) is 0 Å². The van der Waals surface area contributed by atoms with Crippen LogP contribution in [0.4, 0.5) is 0 Å². The summed E-state index contributed by atoms with van der Waals surface area (Å²) < 4.78 is 0. The Morgan fingerprint density at radius 1 is 1.11 bits per heavy atom. The molecule has 1 saturated carbocycles. The molecule has 0 amide bonds. The molecule has 0 aromatic heterocycles. The van der Waals surface area contributed by atoms with Crippen LogP contribution in [0.25, 0.3) is 0 Å². The maximum atomic E-state index is 3.65. The summed E-state index contributed by atoms with van der Waals surface area (Å²) in [6.45, 7) is 6.94. The molecule has 1 nitrogen and oxygen atoms in total. The van der Waals surface area contributed by atoms with Gasteiger partial charge in [-0.1, -0.05) is 44.0 Å². The van der Waals surface area contributed by atoms with Gasteiger partial charge in [-0.2, -0.15) is 0 Å². The summed E-state index contributed by atoms with van der Waals surface area (Å²) in [5.41, 5.74) is 2.91. The minimum Gasteiger partial charge on any atom is -0.316 e. The molecule has 0 spiro atoms.